The van der Waals surface area contributed by atoms with Crippen molar-refractivity contribution in [2.24, 2.45) is 0 Å². The highest BCUT2D eigenvalue weighted by Crippen LogP contribution is 2.07. The minimum atomic E-state index is -2.32. The van der Waals surface area contributed by atoms with E-state index in [1.165, 1.54) is 4.90 Å². The molecular formula is C10H17F2N3O. The second kappa shape index (κ2) is 6.55. The van der Waals surface area contributed by atoms with E-state index >= 15 is 0 Å². The van der Waals surface area contributed by atoms with Gasteiger partial charge in [-0.05, 0) is 13.6 Å². The van der Waals surface area contributed by atoms with Gasteiger partial charge in [-0.25, -0.2) is 8.78 Å². The van der Waals surface area contributed by atoms with Crippen molar-refractivity contribution in [3.63, 3.8) is 0 Å². The Morgan fingerprint density at radius 2 is 2.31 bits per heavy atom. The van der Waals surface area contributed by atoms with Crippen LogP contribution >= 0.6 is 0 Å². The third kappa shape index (κ3) is 4.67. The SMILES string of the molecule is CCNCc1cc(CN(C)CC(F)F)on1. The fourth-order valence-electron chi connectivity index (χ4n) is 1.33. The second-order valence-corrected chi connectivity index (χ2v) is 3.65. The lowest BCUT2D eigenvalue weighted by atomic mass is 10.3. The largest absolute Gasteiger partial charge is 0.360 e. The quantitative estimate of drug-likeness (QED) is 0.774. The van der Waals surface area contributed by atoms with Crippen LogP contribution in [0.25, 0.3) is 0 Å². The summed E-state index contributed by atoms with van der Waals surface area (Å²) in [7, 11) is 1.62. The molecule has 0 saturated carbocycles. The third-order valence-corrected chi connectivity index (χ3v) is 2.04. The molecule has 1 aromatic rings. The van der Waals surface area contributed by atoms with Crippen LogP contribution in [-0.4, -0.2) is 36.6 Å². The maximum atomic E-state index is 12.1. The summed E-state index contributed by atoms with van der Waals surface area (Å²) in [6, 6.07) is 1.78. The molecule has 0 saturated heterocycles. The van der Waals surface area contributed by atoms with E-state index < -0.39 is 6.43 Å². The van der Waals surface area contributed by atoms with Gasteiger partial charge < -0.3 is 9.84 Å². The average molecular weight is 233 g/mol. The predicted octanol–water partition coefficient (Wildman–Crippen LogP) is 1.48. The first-order valence-corrected chi connectivity index (χ1v) is 5.23. The number of aromatic nitrogens is 1. The molecule has 6 heteroatoms. The standard InChI is InChI=1S/C10H17F2N3O/c1-3-13-5-8-4-9(16-14-8)6-15(2)7-10(11)12/h4,10,13H,3,5-7H2,1-2H3. The second-order valence-electron chi connectivity index (χ2n) is 3.65. The average Bonchev–Trinajstić information content (AvgIpc) is 2.61. The Bertz CT molecular complexity index is 304. The molecule has 0 fully saturated rings. The number of halogens is 2. The summed E-state index contributed by atoms with van der Waals surface area (Å²) in [5, 5.41) is 6.94. The highest BCUT2D eigenvalue weighted by atomic mass is 19.3. The zero-order valence-electron chi connectivity index (χ0n) is 9.54. The predicted molar refractivity (Wildman–Crippen MR) is 56.2 cm³/mol. The van der Waals surface area contributed by atoms with E-state index in [4.69, 9.17) is 4.52 Å². The van der Waals surface area contributed by atoms with Gasteiger partial charge >= 0.3 is 0 Å². The van der Waals surface area contributed by atoms with Crippen LogP contribution in [-0.2, 0) is 13.1 Å². The Morgan fingerprint density at radius 3 is 2.94 bits per heavy atom. The Hall–Kier alpha value is -1.01. The van der Waals surface area contributed by atoms with Crippen LogP contribution in [0.2, 0.25) is 0 Å². The molecular weight excluding hydrogens is 216 g/mol. The molecule has 0 unspecified atom stereocenters. The molecule has 0 aliphatic heterocycles. The Kier molecular flexibility index (Phi) is 5.34. The van der Waals surface area contributed by atoms with Crippen LogP contribution in [0.5, 0.6) is 0 Å². The van der Waals surface area contributed by atoms with E-state index in [9.17, 15) is 8.78 Å². The van der Waals surface area contributed by atoms with Crippen molar-refractivity contribution in [2.75, 3.05) is 20.1 Å². The Labute approximate surface area is 93.6 Å². The first kappa shape index (κ1) is 13.1. The van der Waals surface area contributed by atoms with E-state index in [-0.39, 0.29) is 6.54 Å². The first-order valence-electron chi connectivity index (χ1n) is 5.23. The minimum absolute atomic E-state index is 0.261. The van der Waals surface area contributed by atoms with Crippen LogP contribution in [0, 0.1) is 0 Å². The van der Waals surface area contributed by atoms with Gasteiger partial charge in [0.1, 0.15) is 0 Å². The molecule has 1 rings (SSSR count). The van der Waals surface area contributed by atoms with Crippen molar-refractivity contribution in [3.8, 4) is 0 Å². The lowest BCUT2D eigenvalue weighted by Crippen LogP contribution is -2.23. The molecule has 0 aromatic carbocycles. The van der Waals surface area contributed by atoms with E-state index in [1.54, 1.807) is 13.1 Å². The molecule has 0 radical (unpaired) electrons. The van der Waals surface area contributed by atoms with Gasteiger partial charge in [0.2, 0.25) is 0 Å². The number of rotatable bonds is 7. The van der Waals surface area contributed by atoms with Gasteiger partial charge in [-0.2, -0.15) is 0 Å². The monoisotopic (exact) mass is 233 g/mol. The first-order chi connectivity index (χ1) is 7.61. The Balaban J connectivity index is 2.39. The molecule has 1 N–H and O–H groups in total. The molecule has 0 spiro atoms. The van der Waals surface area contributed by atoms with Gasteiger partial charge in [0, 0.05) is 12.6 Å². The zero-order valence-corrected chi connectivity index (χ0v) is 9.54. The third-order valence-electron chi connectivity index (χ3n) is 2.04. The van der Waals surface area contributed by atoms with Crippen molar-refractivity contribution in [1.29, 1.82) is 0 Å². The van der Waals surface area contributed by atoms with Gasteiger partial charge in [0.05, 0.1) is 18.8 Å². The van der Waals surface area contributed by atoms with Crippen LogP contribution < -0.4 is 5.32 Å². The summed E-state index contributed by atoms with van der Waals surface area (Å²) < 4.78 is 29.2. The smallest absolute Gasteiger partial charge is 0.251 e. The topological polar surface area (TPSA) is 41.3 Å². The molecule has 1 aromatic heterocycles. The van der Waals surface area contributed by atoms with Crippen molar-refractivity contribution in [1.82, 2.24) is 15.4 Å². The number of nitrogens with one attached hydrogen (secondary N) is 1. The zero-order chi connectivity index (χ0) is 12.0. The van der Waals surface area contributed by atoms with E-state index in [0.29, 0.717) is 18.8 Å². The molecule has 4 nitrogen and oxygen atoms in total. The number of alkyl halides is 2. The summed E-state index contributed by atoms with van der Waals surface area (Å²) >= 11 is 0. The lowest BCUT2D eigenvalue weighted by molar-refractivity contribution is 0.0935. The lowest BCUT2D eigenvalue weighted by Gasteiger charge is -2.12. The van der Waals surface area contributed by atoms with E-state index in [2.05, 4.69) is 10.5 Å². The van der Waals surface area contributed by atoms with Gasteiger partial charge in [-0.15, -0.1) is 0 Å². The number of hydrogen-bond donors (Lipinski definition) is 1. The summed E-state index contributed by atoms with van der Waals surface area (Å²) in [6.45, 7) is 3.58. The summed E-state index contributed by atoms with van der Waals surface area (Å²) in [6.07, 6.45) is -2.32. The van der Waals surface area contributed by atoms with Crippen molar-refractivity contribution in [2.45, 2.75) is 26.4 Å². The van der Waals surface area contributed by atoms with Crippen LogP contribution in [0.3, 0.4) is 0 Å². The maximum absolute atomic E-state index is 12.1. The summed E-state index contributed by atoms with van der Waals surface area (Å²) in [5.41, 5.74) is 0.794. The molecule has 0 bridgehead atoms. The van der Waals surface area contributed by atoms with Gasteiger partial charge in [-0.3, -0.25) is 4.90 Å². The molecule has 0 aliphatic rings. The normalized spacial score (nSPS) is 11.6. The van der Waals surface area contributed by atoms with E-state index in [1.807, 2.05) is 6.92 Å². The molecule has 92 valence electrons. The molecule has 1 heterocycles. The number of nitrogens with zero attached hydrogens (tertiary/aromatic N) is 2. The fraction of sp³-hybridized carbons (Fsp3) is 0.700. The van der Waals surface area contributed by atoms with Crippen molar-refractivity contribution >= 4 is 0 Å². The van der Waals surface area contributed by atoms with Gasteiger partial charge in [-0.1, -0.05) is 12.1 Å². The van der Waals surface area contributed by atoms with Gasteiger partial charge in [0.25, 0.3) is 6.43 Å². The van der Waals surface area contributed by atoms with Crippen LogP contribution in [0.1, 0.15) is 18.4 Å². The summed E-state index contributed by atoms with van der Waals surface area (Å²) in [5.74, 6) is 0.607. The van der Waals surface area contributed by atoms with E-state index in [0.717, 1.165) is 12.2 Å². The molecule has 16 heavy (non-hydrogen) atoms. The molecule has 0 aliphatic carbocycles. The Morgan fingerprint density at radius 1 is 1.56 bits per heavy atom. The molecule has 0 amide bonds. The van der Waals surface area contributed by atoms with Crippen LogP contribution in [0.15, 0.2) is 10.6 Å². The minimum Gasteiger partial charge on any atom is -0.360 e. The highest BCUT2D eigenvalue weighted by Gasteiger charge is 2.11. The van der Waals surface area contributed by atoms with Gasteiger partial charge in [0.15, 0.2) is 5.76 Å². The highest BCUT2D eigenvalue weighted by molar-refractivity contribution is 5.04. The molecule has 0 atom stereocenters. The van der Waals surface area contributed by atoms with Crippen molar-refractivity contribution < 1.29 is 13.3 Å². The fourth-order valence-corrected chi connectivity index (χ4v) is 1.33. The maximum Gasteiger partial charge on any atom is 0.251 e. The summed E-state index contributed by atoms with van der Waals surface area (Å²) in [4.78, 5) is 1.50. The number of hydrogen-bond acceptors (Lipinski definition) is 4. The van der Waals surface area contributed by atoms with Crippen molar-refractivity contribution in [3.05, 3.63) is 17.5 Å². The van der Waals surface area contributed by atoms with Crippen LogP contribution in [0.4, 0.5) is 8.78 Å².